The third-order valence-electron chi connectivity index (χ3n) is 4.98. The number of carboxylic acids is 1. The largest absolute Gasteiger partial charge is 0.480 e. The van der Waals surface area contributed by atoms with Gasteiger partial charge in [0.2, 0.25) is 5.60 Å². The van der Waals surface area contributed by atoms with Crippen molar-refractivity contribution in [1.29, 1.82) is 4.78 Å². The van der Waals surface area contributed by atoms with E-state index in [0.29, 0.717) is 5.56 Å². The number of hydrogen-bond donors (Lipinski definition) is 4. The smallest absolute Gasteiger partial charge is 0.423 e. The van der Waals surface area contributed by atoms with Crippen LogP contribution in [0.15, 0.2) is 42.6 Å². The number of halogens is 3. The van der Waals surface area contributed by atoms with Gasteiger partial charge in [0, 0.05) is 39.4 Å². The fraction of sp³-hybridized carbons (Fsp3) is 0.400. The first-order valence-corrected chi connectivity index (χ1v) is 11.2. The number of hydrogen-bond acceptors (Lipinski definition) is 6. The van der Waals surface area contributed by atoms with E-state index in [1.807, 2.05) is 19.1 Å². The summed E-state index contributed by atoms with van der Waals surface area (Å²) in [4.78, 5) is 14.5. The number of pyridine rings is 1. The lowest BCUT2D eigenvalue weighted by molar-refractivity contribution is -0.268. The Morgan fingerprint density at radius 2 is 1.87 bits per heavy atom. The van der Waals surface area contributed by atoms with Crippen LogP contribution >= 0.6 is 0 Å². The van der Waals surface area contributed by atoms with Crippen LogP contribution in [0.4, 0.5) is 13.2 Å². The molecule has 0 aliphatic carbocycles. The van der Waals surface area contributed by atoms with Crippen molar-refractivity contribution in [3.8, 4) is 11.1 Å². The van der Waals surface area contributed by atoms with Gasteiger partial charge in [0.25, 0.3) is 0 Å². The number of nitrogens with zero attached hydrogens (tertiary/aromatic N) is 1. The normalized spacial score (nSPS) is 16.8. The van der Waals surface area contributed by atoms with Crippen molar-refractivity contribution in [3.05, 3.63) is 53.9 Å². The summed E-state index contributed by atoms with van der Waals surface area (Å²) in [6.07, 6.45) is -5.29. The average Bonchev–Trinajstić information content (AvgIpc) is 2.70. The van der Waals surface area contributed by atoms with Crippen molar-refractivity contribution in [2.24, 2.45) is 5.73 Å². The molecule has 0 spiro atoms. The molecule has 0 saturated carbocycles. The summed E-state index contributed by atoms with van der Waals surface area (Å²) in [5.41, 5.74) is 3.46. The Labute approximate surface area is 178 Å². The molecule has 170 valence electrons. The molecule has 0 radical (unpaired) electrons. The van der Waals surface area contributed by atoms with Crippen LogP contribution in [0.25, 0.3) is 11.1 Å². The van der Waals surface area contributed by atoms with E-state index in [0.717, 1.165) is 17.2 Å². The van der Waals surface area contributed by atoms with Crippen LogP contribution in [0.3, 0.4) is 0 Å². The monoisotopic (exact) mass is 459 g/mol. The topological polar surface area (TPSA) is 137 Å². The highest BCUT2D eigenvalue weighted by molar-refractivity contribution is 7.92. The van der Waals surface area contributed by atoms with E-state index < -0.39 is 57.1 Å². The quantitative estimate of drug-likeness (QED) is 0.455. The molecule has 0 fully saturated rings. The van der Waals surface area contributed by atoms with Gasteiger partial charge in [-0.15, -0.1) is 0 Å². The summed E-state index contributed by atoms with van der Waals surface area (Å²) < 4.78 is 61.3. The van der Waals surface area contributed by atoms with Gasteiger partial charge >= 0.3 is 12.1 Å². The van der Waals surface area contributed by atoms with Gasteiger partial charge in [0.15, 0.2) is 0 Å². The van der Waals surface area contributed by atoms with Crippen LogP contribution in [0.2, 0.25) is 0 Å². The average molecular weight is 459 g/mol. The zero-order chi connectivity index (χ0) is 23.4. The van der Waals surface area contributed by atoms with Gasteiger partial charge in [-0.2, -0.15) is 13.2 Å². The van der Waals surface area contributed by atoms with E-state index in [1.165, 1.54) is 12.3 Å². The number of benzene rings is 1. The molecule has 2 rings (SSSR count). The van der Waals surface area contributed by atoms with E-state index in [-0.39, 0.29) is 6.42 Å². The Balaban J connectivity index is 2.24. The van der Waals surface area contributed by atoms with Crippen molar-refractivity contribution in [2.75, 3.05) is 11.5 Å². The van der Waals surface area contributed by atoms with Gasteiger partial charge in [-0.05, 0) is 30.5 Å². The van der Waals surface area contributed by atoms with Crippen LogP contribution in [0.1, 0.15) is 24.1 Å². The molecule has 0 bridgehead atoms. The predicted molar refractivity (Wildman–Crippen MR) is 110 cm³/mol. The summed E-state index contributed by atoms with van der Waals surface area (Å²) in [7, 11) is -3.60. The maximum absolute atomic E-state index is 13.7. The number of alkyl halides is 3. The Hall–Kier alpha value is -2.50. The fourth-order valence-corrected chi connectivity index (χ4v) is 4.43. The highest BCUT2D eigenvalue weighted by atomic mass is 32.2. The second-order valence-corrected chi connectivity index (χ2v) is 9.75. The SMILES string of the molecule is Cc1ccccc1-c1ccc(C(O)(CCS(=N)(=O)CC[C@H](N)C(=O)O)C(F)(F)F)nc1. The zero-order valence-corrected chi connectivity index (χ0v) is 17.5. The summed E-state index contributed by atoms with van der Waals surface area (Å²) >= 11 is 0. The van der Waals surface area contributed by atoms with E-state index >= 15 is 0 Å². The first-order valence-electron chi connectivity index (χ1n) is 9.31. The maximum Gasteiger partial charge on any atom is 0.423 e. The molecule has 11 heteroatoms. The Bertz CT molecular complexity index is 1030. The van der Waals surface area contributed by atoms with Gasteiger partial charge < -0.3 is 15.9 Å². The van der Waals surface area contributed by atoms with Crippen LogP contribution in [-0.2, 0) is 20.1 Å². The first-order chi connectivity index (χ1) is 14.3. The van der Waals surface area contributed by atoms with Crippen molar-refractivity contribution in [3.63, 3.8) is 0 Å². The number of carboxylic acid groups (broad SMARTS) is 1. The third kappa shape index (κ3) is 6.02. The highest BCUT2D eigenvalue weighted by Gasteiger charge is 2.56. The van der Waals surface area contributed by atoms with Gasteiger partial charge in [-0.25, -0.2) is 4.21 Å². The Morgan fingerprint density at radius 1 is 1.23 bits per heavy atom. The number of aliphatic hydroxyl groups is 1. The molecule has 0 saturated heterocycles. The van der Waals surface area contributed by atoms with E-state index in [9.17, 15) is 27.3 Å². The number of carbonyl (C=O) groups is 1. The minimum absolute atomic E-state index is 0.328. The highest BCUT2D eigenvalue weighted by Crippen LogP contribution is 2.41. The molecule has 1 aromatic carbocycles. The number of rotatable bonds is 9. The maximum atomic E-state index is 13.7. The number of nitrogens with two attached hydrogens (primary N) is 1. The van der Waals surface area contributed by atoms with Crippen molar-refractivity contribution in [1.82, 2.24) is 4.98 Å². The number of aromatic nitrogens is 1. The van der Waals surface area contributed by atoms with E-state index in [4.69, 9.17) is 15.6 Å². The predicted octanol–water partition coefficient (Wildman–Crippen LogP) is 3.05. The van der Waals surface area contributed by atoms with Gasteiger partial charge in [-0.1, -0.05) is 30.3 Å². The molecule has 3 atom stereocenters. The summed E-state index contributed by atoms with van der Waals surface area (Å²) in [6, 6.07) is 8.33. The molecule has 2 unspecified atom stereocenters. The lowest BCUT2D eigenvalue weighted by Gasteiger charge is -2.30. The fourth-order valence-electron chi connectivity index (χ4n) is 2.97. The van der Waals surface area contributed by atoms with Gasteiger partial charge in [-0.3, -0.25) is 14.6 Å². The standard InChI is InChI=1S/C20H24F3N3O4S/c1-13-4-2-3-5-15(13)14-6-7-17(26-12-14)19(29,20(21,22)23)9-11-31(25,30)10-8-16(24)18(27)28/h2-7,12,16,25,29H,8-11,24H2,1H3,(H,27,28)/t16-,19?,31?/m0/s1. The van der Waals surface area contributed by atoms with Crippen molar-refractivity contribution >= 4 is 15.7 Å². The lowest BCUT2D eigenvalue weighted by atomic mass is 9.93. The second kappa shape index (κ2) is 9.33. The summed E-state index contributed by atoms with van der Waals surface area (Å²) in [5.74, 6) is -2.65. The molecule has 5 N–H and O–H groups in total. The zero-order valence-electron chi connectivity index (χ0n) is 16.7. The van der Waals surface area contributed by atoms with Gasteiger partial charge in [0.05, 0.1) is 5.69 Å². The molecule has 2 aromatic rings. The molecule has 1 aromatic heterocycles. The van der Waals surface area contributed by atoms with Crippen LogP contribution < -0.4 is 5.73 Å². The minimum atomic E-state index is -5.13. The first kappa shape index (κ1) is 24.8. The molecule has 31 heavy (non-hydrogen) atoms. The molecule has 0 amide bonds. The molecule has 1 heterocycles. The van der Waals surface area contributed by atoms with Crippen LogP contribution in [0, 0.1) is 11.7 Å². The molecule has 0 aliphatic heterocycles. The van der Waals surface area contributed by atoms with E-state index in [1.54, 1.807) is 12.1 Å². The minimum Gasteiger partial charge on any atom is -0.480 e. The summed E-state index contributed by atoms with van der Waals surface area (Å²) in [5, 5.41) is 19.2. The number of nitrogens with one attached hydrogen (secondary N) is 1. The molecular weight excluding hydrogens is 435 g/mol. The van der Waals surface area contributed by atoms with Crippen LogP contribution in [0.5, 0.6) is 0 Å². The van der Waals surface area contributed by atoms with Crippen molar-refractivity contribution in [2.45, 2.75) is 37.6 Å². The lowest BCUT2D eigenvalue weighted by Crippen LogP contribution is -2.44. The Morgan fingerprint density at radius 3 is 2.39 bits per heavy atom. The van der Waals surface area contributed by atoms with E-state index in [2.05, 4.69) is 4.98 Å². The number of aryl methyl sites for hydroxylation is 1. The Kier molecular flexibility index (Phi) is 7.45. The molecular formula is C20H24F3N3O4S. The third-order valence-corrected chi connectivity index (χ3v) is 6.74. The van der Waals surface area contributed by atoms with Gasteiger partial charge in [0.1, 0.15) is 6.04 Å². The summed E-state index contributed by atoms with van der Waals surface area (Å²) in [6.45, 7) is 1.84. The molecule has 0 aliphatic rings. The second-order valence-electron chi connectivity index (χ2n) is 7.31. The van der Waals surface area contributed by atoms with Crippen LogP contribution in [-0.4, -0.2) is 49.1 Å². The molecule has 7 nitrogen and oxygen atoms in total. The van der Waals surface area contributed by atoms with Crippen molar-refractivity contribution < 1.29 is 32.4 Å². The number of aliphatic carboxylic acids is 1.